The van der Waals surface area contributed by atoms with Crippen LogP contribution in [0.1, 0.15) is 22.7 Å². The van der Waals surface area contributed by atoms with Crippen LogP contribution in [-0.4, -0.2) is 35.5 Å². The molecule has 1 N–H and O–H groups in total. The van der Waals surface area contributed by atoms with Gasteiger partial charge in [-0.05, 0) is 5.56 Å². The molecule has 4 rings (SSSR count). The molecule has 3 heterocycles. The fourth-order valence-corrected chi connectivity index (χ4v) is 4.27. The number of hydrogen-bond donors (Lipinski definition) is 1. The molecule has 12 heteroatoms. The Morgan fingerprint density at radius 1 is 1.11 bits per heavy atom. The summed E-state index contributed by atoms with van der Waals surface area (Å²) in [6.45, 7) is 0.610. The maximum Gasteiger partial charge on any atom is 0.332 e. The summed E-state index contributed by atoms with van der Waals surface area (Å²) in [5.41, 5.74) is 1.14. The van der Waals surface area contributed by atoms with Crippen molar-refractivity contribution < 1.29 is 14.3 Å². The minimum absolute atomic E-state index is 0.0103. The second kappa shape index (κ2) is 10.5. The first-order valence-corrected chi connectivity index (χ1v) is 11.7. The Hall–Kier alpha value is -4.06. The van der Waals surface area contributed by atoms with E-state index in [1.54, 1.807) is 5.38 Å². The molecule has 1 amide bonds. The number of hydrogen-bond acceptors (Lipinski definition) is 8. The lowest BCUT2D eigenvalue weighted by Gasteiger charge is -2.07. The molecule has 0 unspecified atom stereocenters. The lowest BCUT2D eigenvalue weighted by Crippen LogP contribution is -2.37. The van der Waals surface area contributed by atoms with Crippen molar-refractivity contribution in [2.75, 3.05) is 0 Å². The molecule has 1 aromatic carbocycles. The van der Waals surface area contributed by atoms with Crippen LogP contribution in [0.3, 0.4) is 0 Å². The zero-order valence-electron chi connectivity index (χ0n) is 19.3. The third-order valence-electron chi connectivity index (χ3n) is 5.40. The summed E-state index contributed by atoms with van der Waals surface area (Å²) in [6, 6.07) is 9.62. The van der Waals surface area contributed by atoms with Crippen molar-refractivity contribution in [1.82, 2.24) is 29.0 Å². The van der Waals surface area contributed by atoms with Gasteiger partial charge in [0.15, 0.2) is 11.2 Å². The predicted octanol–water partition coefficient (Wildman–Crippen LogP) is 0.883. The summed E-state index contributed by atoms with van der Waals surface area (Å²) in [7, 11) is 2.93. The molecular formula is C23H24N6O5S. The first-order chi connectivity index (χ1) is 16.8. The molecule has 0 spiro atoms. The number of rotatable bonds is 9. The van der Waals surface area contributed by atoms with Gasteiger partial charge >= 0.3 is 11.7 Å². The first kappa shape index (κ1) is 24.1. The Labute approximate surface area is 203 Å². The third-order valence-corrected chi connectivity index (χ3v) is 6.30. The number of amides is 1. The molecule has 3 aromatic heterocycles. The quantitative estimate of drug-likeness (QED) is 0.341. The number of fused-ring (bicyclic) bond motifs is 1. The van der Waals surface area contributed by atoms with Gasteiger partial charge in [-0.25, -0.2) is 14.8 Å². The molecule has 0 aliphatic heterocycles. The molecule has 11 nitrogen and oxygen atoms in total. The van der Waals surface area contributed by atoms with Gasteiger partial charge in [-0.15, -0.1) is 11.3 Å². The van der Waals surface area contributed by atoms with Crippen molar-refractivity contribution in [1.29, 1.82) is 0 Å². The lowest BCUT2D eigenvalue weighted by molar-refractivity contribution is -0.145. The first-order valence-electron chi connectivity index (χ1n) is 10.8. The van der Waals surface area contributed by atoms with Gasteiger partial charge in [-0.1, -0.05) is 30.3 Å². The molecule has 0 radical (unpaired) electrons. The van der Waals surface area contributed by atoms with E-state index in [9.17, 15) is 19.2 Å². The maximum absolute atomic E-state index is 12.5. The number of aromatic nitrogens is 5. The molecule has 182 valence electrons. The summed E-state index contributed by atoms with van der Waals surface area (Å²) in [5, 5.41) is 5.24. The van der Waals surface area contributed by atoms with Crippen LogP contribution in [0.5, 0.6) is 0 Å². The van der Waals surface area contributed by atoms with Crippen molar-refractivity contribution in [3.8, 4) is 0 Å². The highest BCUT2D eigenvalue weighted by atomic mass is 32.1. The summed E-state index contributed by atoms with van der Waals surface area (Å²) >= 11 is 1.33. The summed E-state index contributed by atoms with van der Waals surface area (Å²) in [5.74, 6) is -0.605. The van der Waals surface area contributed by atoms with Crippen molar-refractivity contribution in [3.05, 3.63) is 79.1 Å². The second-order valence-corrected chi connectivity index (χ2v) is 8.84. The smallest absolute Gasteiger partial charge is 0.332 e. The zero-order valence-corrected chi connectivity index (χ0v) is 20.1. The molecule has 0 atom stereocenters. The molecule has 0 saturated carbocycles. The normalized spacial score (nSPS) is 11.0. The van der Waals surface area contributed by atoms with Crippen LogP contribution >= 0.6 is 11.3 Å². The SMILES string of the molecule is Cn1c(=O)c2c(ncn2CCC(=O)OCc2csc(CC(=O)NCc3ccccc3)n2)n(C)c1=O. The van der Waals surface area contributed by atoms with E-state index in [1.807, 2.05) is 30.3 Å². The highest BCUT2D eigenvalue weighted by molar-refractivity contribution is 7.09. The van der Waals surface area contributed by atoms with Gasteiger partial charge in [-0.3, -0.25) is 23.5 Å². The van der Waals surface area contributed by atoms with E-state index >= 15 is 0 Å². The van der Waals surface area contributed by atoms with Crippen LogP contribution in [0.25, 0.3) is 11.2 Å². The number of benzene rings is 1. The van der Waals surface area contributed by atoms with Gasteiger partial charge in [0, 0.05) is 32.6 Å². The molecule has 35 heavy (non-hydrogen) atoms. The second-order valence-electron chi connectivity index (χ2n) is 7.90. The number of thiazole rings is 1. The van der Waals surface area contributed by atoms with Crippen LogP contribution in [0.4, 0.5) is 0 Å². The standard InChI is InChI=1S/C23H24N6O5S/c1-27-21-20(22(32)28(2)23(27)33)29(14-25-21)9-8-19(31)34-12-16-13-35-18(26-16)10-17(30)24-11-15-6-4-3-5-7-15/h3-7,13-14H,8-12H2,1-2H3,(H,24,30). The van der Waals surface area contributed by atoms with E-state index in [2.05, 4.69) is 15.3 Å². The summed E-state index contributed by atoms with van der Waals surface area (Å²) in [6.07, 6.45) is 1.58. The van der Waals surface area contributed by atoms with Gasteiger partial charge in [0.2, 0.25) is 5.91 Å². The monoisotopic (exact) mass is 496 g/mol. The van der Waals surface area contributed by atoms with E-state index < -0.39 is 17.2 Å². The van der Waals surface area contributed by atoms with E-state index in [1.165, 1.54) is 40.9 Å². The average Bonchev–Trinajstić information content (AvgIpc) is 3.50. The summed E-state index contributed by atoms with van der Waals surface area (Å²) < 4.78 is 9.11. The molecule has 0 aliphatic carbocycles. The van der Waals surface area contributed by atoms with E-state index in [0.29, 0.717) is 17.2 Å². The number of nitrogens with zero attached hydrogens (tertiary/aromatic N) is 5. The lowest BCUT2D eigenvalue weighted by atomic mass is 10.2. The Morgan fingerprint density at radius 2 is 1.89 bits per heavy atom. The highest BCUT2D eigenvalue weighted by Gasteiger charge is 2.15. The van der Waals surface area contributed by atoms with Gasteiger partial charge in [0.1, 0.15) is 11.6 Å². The Balaban J connectivity index is 1.26. The Morgan fingerprint density at radius 3 is 2.66 bits per heavy atom. The molecule has 0 aliphatic rings. The van der Waals surface area contributed by atoms with E-state index in [-0.39, 0.29) is 43.1 Å². The topological polar surface area (TPSA) is 130 Å². The van der Waals surface area contributed by atoms with Crippen LogP contribution in [-0.2, 0) is 54.5 Å². The number of aryl methyl sites for hydroxylation is 2. The van der Waals surface area contributed by atoms with Gasteiger partial charge in [-0.2, -0.15) is 0 Å². The molecule has 0 saturated heterocycles. The fraction of sp³-hybridized carbons (Fsp3) is 0.304. The van der Waals surface area contributed by atoms with Crippen molar-refractivity contribution in [3.63, 3.8) is 0 Å². The van der Waals surface area contributed by atoms with E-state index in [4.69, 9.17) is 4.74 Å². The van der Waals surface area contributed by atoms with E-state index in [0.717, 1.165) is 10.1 Å². The maximum atomic E-state index is 12.5. The average molecular weight is 497 g/mol. The minimum atomic E-state index is -0.475. The Kier molecular flexibility index (Phi) is 7.20. The van der Waals surface area contributed by atoms with Gasteiger partial charge in [0.05, 0.1) is 24.9 Å². The van der Waals surface area contributed by atoms with Crippen molar-refractivity contribution in [2.45, 2.75) is 32.5 Å². The number of carbonyl (C=O) groups excluding carboxylic acids is 2. The van der Waals surface area contributed by atoms with Crippen LogP contribution in [0.2, 0.25) is 0 Å². The predicted molar refractivity (Wildman–Crippen MR) is 129 cm³/mol. The number of ether oxygens (including phenoxy) is 1. The summed E-state index contributed by atoms with van der Waals surface area (Å²) in [4.78, 5) is 57.4. The highest BCUT2D eigenvalue weighted by Crippen LogP contribution is 2.12. The van der Waals surface area contributed by atoms with Crippen molar-refractivity contribution >= 4 is 34.4 Å². The van der Waals surface area contributed by atoms with Gasteiger partial charge in [0.25, 0.3) is 5.56 Å². The third kappa shape index (κ3) is 5.54. The number of imidazole rings is 1. The zero-order chi connectivity index (χ0) is 24.9. The van der Waals surface area contributed by atoms with Crippen molar-refractivity contribution in [2.24, 2.45) is 14.1 Å². The van der Waals surface area contributed by atoms with Crippen LogP contribution in [0.15, 0.2) is 51.6 Å². The fourth-order valence-electron chi connectivity index (χ4n) is 3.50. The number of carbonyl (C=O) groups is 2. The van der Waals surface area contributed by atoms with Gasteiger partial charge < -0.3 is 14.6 Å². The molecule has 0 bridgehead atoms. The number of esters is 1. The van der Waals surface area contributed by atoms with Crippen LogP contribution < -0.4 is 16.6 Å². The largest absolute Gasteiger partial charge is 0.459 e. The molecular weight excluding hydrogens is 472 g/mol. The minimum Gasteiger partial charge on any atom is -0.459 e. The molecule has 0 fully saturated rings. The number of nitrogens with one attached hydrogen (secondary N) is 1. The molecule has 4 aromatic rings. The Bertz CT molecular complexity index is 1480. The van der Waals surface area contributed by atoms with Crippen LogP contribution in [0, 0.1) is 0 Å².